The molecule has 2 heterocycles. The molecule has 1 N–H and O–H groups in total. The van der Waals surface area contributed by atoms with Gasteiger partial charge in [-0.25, -0.2) is 9.50 Å². The van der Waals surface area contributed by atoms with Crippen molar-refractivity contribution in [1.29, 1.82) is 0 Å². The molecule has 0 spiro atoms. The first-order valence-corrected chi connectivity index (χ1v) is 8.65. The molecule has 3 rings (SSSR count). The molecule has 0 bridgehead atoms. The standard InChI is InChI=1S/C16H16N6O3S/c1-9-8-10(2)21-15(17-9)19-16(20-21)26-11(3)14(23)18-12-6-4-5-7-13(12)22(24)25/h4-8,11H,1-3H3,(H,18,23)/t11-/m0/s1. The highest BCUT2D eigenvalue weighted by Crippen LogP contribution is 2.26. The minimum atomic E-state index is -0.548. The Balaban J connectivity index is 1.76. The zero-order valence-electron chi connectivity index (χ0n) is 14.3. The van der Waals surface area contributed by atoms with E-state index in [4.69, 9.17) is 0 Å². The number of nitrogens with zero attached hydrogens (tertiary/aromatic N) is 5. The maximum Gasteiger partial charge on any atom is 0.292 e. The van der Waals surface area contributed by atoms with Crippen LogP contribution in [0, 0.1) is 24.0 Å². The van der Waals surface area contributed by atoms with Gasteiger partial charge in [0.2, 0.25) is 11.1 Å². The van der Waals surface area contributed by atoms with E-state index >= 15 is 0 Å². The predicted molar refractivity (Wildman–Crippen MR) is 97.3 cm³/mol. The minimum absolute atomic E-state index is 0.154. The van der Waals surface area contributed by atoms with Gasteiger partial charge in [0.15, 0.2) is 0 Å². The van der Waals surface area contributed by atoms with Crippen LogP contribution in [0.4, 0.5) is 11.4 Å². The van der Waals surface area contributed by atoms with E-state index in [2.05, 4.69) is 20.4 Å². The fraction of sp³-hybridized carbons (Fsp3) is 0.250. The number of nitro groups is 1. The molecular formula is C16H16N6O3S. The molecule has 2 aromatic heterocycles. The first-order valence-electron chi connectivity index (χ1n) is 7.77. The van der Waals surface area contributed by atoms with E-state index < -0.39 is 10.2 Å². The zero-order chi connectivity index (χ0) is 18.8. The summed E-state index contributed by atoms with van der Waals surface area (Å²) in [5, 5.41) is 17.8. The van der Waals surface area contributed by atoms with Crippen LogP contribution in [0.15, 0.2) is 35.5 Å². The van der Waals surface area contributed by atoms with Gasteiger partial charge in [-0.15, -0.1) is 5.10 Å². The number of carbonyl (C=O) groups is 1. The third kappa shape index (κ3) is 3.64. The Labute approximate surface area is 153 Å². The van der Waals surface area contributed by atoms with Crippen molar-refractivity contribution in [3.63, 3.8) is 0 Å². The number of fused-ring (bicyclic) bond motifs is 1. The molecule has 0 unspecified atom stereocenters. The number of para-hydroxylation sites is 2. The summed E-state index contributed by atoms with van der Waals surface area (Å²) >= 11 is 1.16. The number of nitrogens with one attached hydrogen (secondary N) is 1. The summed E-state index contributed by atoms with van der Waals surface area (Å²) in [6, 6.07) is 7.89. The van der Waals surface area contributed by atoms with Crippen LogP contribution in [0.2, 0.25) is 0 Å². The van der Waals surface area contributed by atoms with Gasteiger partial charge < -0.3 is 5.32 Å². The topological polar surface area (TPSA) is 115 Å². The first kappa shape index (κ1) is 17.8. The van der Waals surface area contributed by atoms with Crippen LogP contribution in [0.5, 0.6) is 0 Å². The van der Waals surface area contributed by atoms with Gasteiger partial charge in [-0.05, 0) is 32.9 Å². The van der Waals surface area contributed by atoms with Gasteiger partial charge in [-0.2, -0.15) is 4.98 Å². The van der Waals surface area contributed by atoms with Crippen molar-refractivity contribution in [2.45, 2.75) is 31.2 Å². The van der Waals surface area contributed by atoms with E-state index in [9.17, 15) is 14.9 Å². The lowest BCUT2D eigenvalue weighted by atomic mass is 10.2. The number of thioether (sulfide) groups is 1. The molecular weight excluding hydrogens is 356 g/mol. The van der Waals surface area contributed by atoms with Gasteiger partial charge in [-0.1, -0.05) is 23.9 Å². The molecule has 0 saturated heterocycles. The number of aryl methyl sites for hydroxylation is 2. The number of hydrogen-bond donors (Lipinski definition) is 1. The molecule has 9 nitrogen and oxygen atoms in total. The van der Waals surface area contributed by atoms with Crippen molar-refractivity contribution >= 4 is 34.8 Å². The largest absolute Gasteiger partial charge is 0.319 e. The maximum atomic E-state index is 12.4. The number of amides is 1. The number of anilines is 1. The van der Waals surface area contributed by atoms with Crippen LogP contribution in [0.25, 0.3) is 5.78 Å². The summed E-state index contributed by atoms with van der Waals surface area (Å²) in [7, 11) is 0. The van der Waals surface area contributed by atoms with Crippen LogP contribution in [-0.4, -0.2) is 35.7 Å². The Morgan fingerprint density at radius 3 is 2.77 bits per heavy atom. The predicted octanol–water partition coefficient (Wildman–Crippen LogP) is 2.77. The van der Waals surface area contributed by atoms with Gasteiger partial charge in [0, 0.05) is 17.5 Å². The highest BCUT2D eigenvalue weighted by molar-refractivity contribution is 8.00. The van der Waals surface area contributed by atoms with E-state index in [-0.39, 0.29) is 17.3 Å². The number of aromatic nitrogens is 4. The molecule has 0 saturated carbocycles. The second-order valence-corrected chi connectivity index (χ2v) is 6.98. The number of carbonyl (C=O) groups excluding carboxylic acids is 1. The van der Waals surface area contributed by atoms with Gasteiger partial charge in [0.05, 0.1) is 10.2 Å². The zero-order valence-corrected chi connectivity index (χ0v) is 15.1. The van der Waals surface area contributed by atoms with Crippen molar-refractivity contribution in [2.75, 3.05) is 5.32 Å². The number of benzene rings is 1. The van der Waals surface area contributed by atoms with Crippen LogP contribution < -0.4 is 5.32 Å². The number of nitro benzene ring substituents is 1. The second-order valence-electron chi connectivity index (χ2n) is 5.67. The molecule has 0 radical (unpaired) electrons. The summed E-state index contributed by atoms with van der Waals surface area (Å²) in [5.74, 6) is 0.0975. The van der Waals surface area contributed by atoms with Crippen molar-refractivity contribution in [2.24, 2.45) is 0 Å². The Morgan fingerprint density at radius 2 is 2.04 bits per heavy atom. The lowest BCUT2D eigenvalue weighted by molar-refractivity contribution is -0.383. The summed E-state index contributed by atoms with van der Waals surface area (Å²) < 4.78 is 1.61. The third-order valence-corrected chi connectivity index (χ3v) is 4.56. The number of rotatable bonds is 5. The van der Waals surface area contributed by atoms with Gasteiger partial charge in [0.1, 0.15) is 5.69 Å². The summed E-state index contributed by atoms with van der Waals surface area (Å²) in [4.78, 5) is 31.5. The molecule has 10 heteroatoms. The van der Waals surface area contributed by atoms with E-state index in [1.807, 2.05) is 19.9 Å². The molecule has 0 fully saturated rings. The van der Waals surface area contributed by atoms with Gasteiger partial charge in [0.25, 0.3) is 11.5 Å². The Kier molecular flexibility index (Phi) is 4.85. The SMILES string of the molecule is Cc1cc(C)n2nc(S[C@@H](C)C(=O)Nc3ccccc3[N+](=O)[O-])nc2n1. The highest BCUT2D eigenvalue weighted by atomic mass is 32.2. The average molecular weight is 372 g/mol. The molecule has 3 aromatic rings. The van der Waals surface area contributed by atoms with E-state index in [0.29, 0.717) is 10.9 Å². The molecule has 1 amide bonds. The van der Waals surface area contributed by atoms with E-state index in [1.54, 1.807) is 23.6 Å². The Morgan fingerprint density at radius 1 is 1.31 bits per heavy atom. The Hall–Kier alpha value is -3.01. The van der Waals surface area contributed by atoms with Gasteiger partial charge >= 0.3 is 0 Å². The first-order chi connectivity index (χ1) is 12.3. The fourth-order valence-electron chi connectivity index (χ4n) is 2.38. The fourth-order valence-corrected chi connectivity index (χ4v) is 3.13. The highest BCUT2D eigenvalue weighted by Gasteiger charge is 2.21. The van der Waals surface area contributed by atoms with Crippen molar-refractivity contribution in [3.05, 3.63) is 51.8 Å². The van der Waals surface area contributed by atoms with E-state index in [1.165, 1.54) is 12.1 Å². The van der Waals surface area contributed by atoms with Crippen LogP contribution >= 0.6 is 11.8 Å². The third-order valence-electron chi connectivity index (χ3n) is 3.61. The summed E-state index contributed by atoms with van der Waals surface area (Å²) in [6.45, 7) is 5.46. The van der Waals surface area contributed by atoms with Crippen LogP contribution in [-0.2, 0) is 4.79 Å². The Bertz CT molecular complexity index is 1000. The van der Waals surface area contributed by atoms with Crippen molar-refractivity contribution in [1.82, 2.24) is 19.6 Å². The lowest BCUT2D eigenvalue weighted by Crippen LogP contribution is -2.23. The van der Waals surface area contributed by atoms with Crippen LogP contribution in [0.1, 0.15) is 18.3 Å². The molecule has 26 heavy (non-hydrogen) atoms. The minimum Gasteiger partial charge on any atom is -0.319 e. The molecule has 1 atom stereocenters. The quantitative estimate of drug-likeness (QED) is 0.416. The molecule has 0 aliphatic heterocycles. The van der Waals surface area contributed by atoms with Gasteiger partial charge in [-0.3, -0.25) is 14.9 Å². The number of hydrogen-bond acceptors (Lipinski definition) is 7. The normalized spacial score (nSPS) is 12.1. The van der Waals surface area contributed by atoms with Crippen molar-refractivity contribution < 1.29 is 9.72 Å². The van der Waals surface area contributed by atoms with Crippen molar-refractivity contribution in [3.8, 4) is 0 Å². The smallest absolute Gasteiger partial charge is 0.292 e. The molecule has 134 valence electrons. The lowest BCUT2D eigenvalue weighted by Gasteiger charge is -2.10. The monoisotopic (exact) mass is 372 g/mol. The van der Waals surface area contributed by atoms with E-state index in [0.717, 1.165) is 23.1 Å². The van der Waals surface area contributed by atoms with Crippen LogP contribution in [0.3, 0.4) is 0 Å². The summed E-state index contributed by atoms with van der Waals surface area (Å²) in [6.07, 6.45) is 0. The average Bonchev–Trinajstić information content (AvgIpc) is 2.97. The second kappa shape index (κ2) is 7.08. The molecule has 1 aromatic carbocycles. The molecule has 0 aliphatic rings. The molecule has 0 aliphatic carbocycles. The summed E-state index contributed by atoms with van der Waals surface area (Å²) in [5.41, 5.74) is 1.73. The maximum absolute atomic E-state index is 12.4.